The second-order valence-corrected chi connectivity index (χ2v) is 9.56. The molecule has 1 atom stereocenters. The summed E-state index contributed by atoms with van der Waals surface area (Å²) in [4.78, 5) is 2.31. The first-order valence-corrected chi connectivity index (χ1v) is 12.9. The summed E-state index contributed by atoms with van der Waals surface area (Å²) in [6.07, 6.45) is 6.35. The van der Waals surface area contributed by atoms with Crippen molar-refractivity contribution in [2.24, 2.45) is 0 Å². The van der Waals surface area contributed by atoms with Crippen molar-refractivity contribution in [3.63, 3.8) is 0 Å². The maximum absolute atomic E-state index is 9.73. The maximum Gasteiger partial charge on any atom is 0.161 e. The number of hydrogen-bond acceptors (Lipinski definition) is 6. The Hall–Kier alpha value is -3.48. The average Bonchev–Trinajstić information content (AvgIpc) is 3.39. The average molecular weight is 502 g/mol. The van der Waals surface area contributed by atoms with Crippen LogP contribution >= 0.6 is 0 Å². The monoisotopic (exact) mass is 501 g/mol. The summed E-state index contributed by atoms with van der Waals surface area (Å²) in [5.74, 6) is 3.18. The Kier molecular flexibility index (Phi) is 7.68. The number of fused-ring (bicyclic) bond motifs is 1. The highest BCUT2D eigenvalue weighted by molar-refractivity contribution is 5.79. The molecule has 1 saturated heterocycles. The molecule has 1 N–H and O–H groups in total. The predicted octanol–water partition coefficient (Wildman–Crippen LogP) is 5.58. The van der Waals surface area contributed by atoms with E-state index in [1.165, 1.54) is 5.56 Å². The second-order valence-electron chi connectivity index (χ2n) is 9.56. The lowest BCUT2D eigenvalue weighted by molar-refractivity contribution is 0.151. The minimum Gasteiger partial charge on any atom is -0.496 e. The Morgan fingerprint density at radius 2 is 1.73 bits per heavy atom. The van der Waals surface area contributed by atoms with E-state index in [0.29, 0.717) is 19.8 Å². The highest BCUT2D eigenvalue weighted by Crippen LogP contribution is 2.37. The molecule has 2 heterocycles. The molecule has 0 aliphatic carbocycles. The van der Waals surface area contributed by atoms with E-state index in [9.17, 15) is 5.11 Å². The zero-order valence-corrected chi connectivity index (χ0v) is 21.8. The smallest absolute Gasteiger partial charge is 0.161 e. The van der Waals surface area contributed by atoms with Crippen LogP contribution < -0.4 is 18.9 Å². The van der Waals surface area contributed by atoms with Crippen LogP contribution in [0, 0.1) is 6.92 Å². The van der Waals surface area contributed by atoms with Crippen LogP contribution in [0.4, 0.5) is 0 Å². The fraction of sp³-hybridized carbons (Fsp3) is 0.355. The molecule has 2 aliphatic rings. The fourth-order valence-corrected chi connectivity index (χ4v) is 5.31. The minimum absolute atomic E-state index is 0.177. The van der Waals surface area contributed by atoms with Gasteiger partial charge in [0.15, 0.2) is 11.5 Å². The quantitative estimate of drug-likeness (QED) is 0.407. The molecule has 3 aromatic carbocycles. The van der Waals surface area contributed by atoms with Crippen molar-refractivity contribution in [2.45, 2.75) is 32.4 Å². The summed E-state index contributed by atoms with van der Waals surface area (Å²) >= 11 is 0. The van der Waals surface area contributed by atoms with Gasteiger partial charge in [0.25, 0.3) is 0 Å². The molecule has 6 heteroatoms. The van der Waals surface area contributed by atoms with Crippen LogP contribution in [0.3, 0.4) is 0 Å². The van der Waals surface area contributed by atoms with E-state index in [0.717, 1.165) is 70.2 Å². The molecule has 6 nitrogen and oxygen atoms in total. The SMILES string of the molecule is COc1cc(/C=C/c2cccc(-c3ccc4c(c3)OCCO4)c2C)cc(OC)c1CN1CCC[C@H]1CO. The van der Waals surface area contributed by atoms with Crippen molar-refractivity contribution in [2.75, 3.05) is 40.6 Å². The van der Waals surface area contributed by atoms with E-state index < -0.39 is 0 Å². The van der Waals surface area contributed by atoms with Crippen molar-refractivity contribution in [3.05, 3.63) is 70.8 Å². The maximum atomic E-state index is 9.73. The molecule has 0 saturated carbocycles. The van der Waals surface area contributed by atoms with Crippen molar-refractivity contribution < 1.29 is 24.1 Å². The Morgan fingerprint density at radius 1 is 0.973 bits per heavy atom. The van der Waals surface area contributed by atoms with Crippen LogP contribution in [-0.4, -0.2) is 56.6 Å². The summed E-state index contributed by atoms with van der Waals surface area (Å²) in [5, 5.41) is 9.73. The van der Waals surface area contributed by atoms with Gasteiger partial charge in [-0.15, -0.1) is 0 Å². The Balaban J connectivity index is 1.42. The number of aliphatic hydroxyl groups excluding tert-OH is 1. The van der Waals surface area contributed by atoms with Gasteiger partial charge in [0.2, 0.25) is 0 Å². The number of likely N-dealkylation sites (tertiary alicyclic amines) is 1. The molecule has 1 fully saturated rings. The molecular weight excluding hydrogens is 466 g/mol. The van der Waals surface area contributed by atoms with Crippen LogP contribution in [0.5, 0.6) is 23.0 Å². The molecule has 2 aliphatic heterocycles. The molecule has 0 amide bonds. The van der Waals surface area contributed by atoms with Crippen LogP contribution in [0.1, 0.15) is 35.1 Å². The number of nitrogens with zero attached hydrogens (tertiary/aromatic N) is 1. The van der Waals surface area contributed by atoms with E-state index in [2.05, 4.69) is 66.4 Å². The van der Waals surface area contributed by atoms with Crippen molar-refractivity contribution in [1.29, 1.82) is 0 Å². The largest absolute Gasteiger partial charge is 0.496 e. The van der Waals surface area contributed by atoms with Crippen LogP contribution in [0.25, 0.3) is 23.3 Å². The zero-order chi connectivity index (χ0) is 25.8. The highest BCUT2D eigenvalue weighted by Gasteiger charge is 2.26. The standard InChI is InChI=1S/C31H35NO5/c1-21-23(6-4-8-26(21)24-11-12-28-31(18-24)37-15-14-36-28)10-9-22-16-29(34-2)27(30(17-22)35-3)19-32-13-5-7-25(32)20-33/h4,6,8-12,16-18,25,33H,5,7,13-15,19-20H2,1-3H3/b10-9+/t25-/m0/s1. The topological polar surface area (TPSA) is 60.4 Å². The Bertz CT molecular complexity index is 1260. The zero-order valence-electron chi connectivity index (χ0n) is 21.8. The van der Waals surface area contributed by atoms with E-state index in [1.807, 2.05) is 6.07 Å². The summed E-state index contributed by atoms with van der Waals surface area (Å²) in [6, 6.07) is 16.8. The van der Waals surface area contributed by atoms with E-state index >= 15 is 0 Å². The molecule has 0 radical (unpaired) electrons. The molecule has 0 spiro atoms. The summed E-state index contributed by atoms with van der Waals surface area (Å²) in [5.41, 5.74) is 6.61. The Morgan fingerprint density at radius 3 is 2.46 bits per heavy atom. The van der Waals surface area contributed by atoms with Gasteiger partial charge in [-0.2, -0.15) is 0 Å². The van der Waals surface area contributed by atoms with Crippen molar-refractivity contribution in [1.82, 2.24) is 4.90 Å². The highest BCUT2D eigenvalue weighted by atomic mass is 16.6. The molecule has 0 unspecified atom stereocenters. The van der Waals surface area contributed by atoms with E-state index in [-0.39, 0.29) is 12.6 Å². The van der Waals surface area contributed by atoms with Crippen LogP contribution in [0.15, 0.2) is 48.5 Å². The third-order valence-electron chi connectivity index (χ3n) is 7.39. The first kappa shape index (κ1) is 25.2. The normalized spacial score (nSPS) is 17.4. The van der Waals surface area contributed by atoms with Gasteiger partial charge in [0.1, 0.15) is 24.7 Å². The lowest BCUT2D eigenvalue weighted by Gasteiger charge is -2.25. The van der Waals surface area contributed by atoms with Gasteiger partial charge in [0, 0.05) is 12.6 Å². The number of ether oxygens (including phenoxy) is 4. The van der Waals surface area contributed by atoms with Gasteiger partial charge in [-0.1, -0.05) is 36.4 Å². The predicted molar refractivity (Wildman–Crippen MR) is 147 cm³/mol. The molecule has 194 valence electrons. The molecule has 37 heavy (non-hydrogen) atoms. The van der Waals surface area contributed by atoms with Crippen LogP contribution in [-0.2, 0) is 6.54 Å². The van der Waals surface area contributed by atoms with Crippen molar-refractivity contribution in [3.8, 4) is 34.1 Å². The van der Waals surface area contributed by atoms with Gasteiger partial charge in [0.05, 0.1) is 26.4 Å². The third kappa shape index (κ3) is 5.31. The van der Waals surface area contributed by atoms with Crippen LogP contribution in [0.2, 0.25) is 0 Å². The number of rotatable bonds is 8. The third-order valence-corrected chi connectivity index (χ3v) is 7.39. The lowest BCUT2D eigenvalue weighted by atomic mass is 9.95. The number of hydrogen-bond donors (Lipinski definition) is 1. The lowest BCUT2D eigenvalue weighted by Crippen LogP contribution is -2.31. The summed E-state index contributed by atoms with van der Waals surface area (Å²) in [7, 11) is 3.39. The van der Waals surface area contributed by atoms with E-state index in [4.69, 9.17) is 18.9 Å². The molecule has 5 rings (SSSR count). The molecule has 0 aromatic heterocycles. The second kappa shape index (κ2) is 11.3. The van der Waals surface area contributed by atoms with Gasteiger partial charge >= 0.3 is 0 Å². The van der Waals surface area contributed by atoms with Gasteiger partial charge in [-0.05, 0) is 78.4 Å². The van der Waals surface area contributed by atoms with Gasteiger partial charge in [-0.25, -0.2) is 0 Å². The van der Waals surface area contributed by atoms with Crippen molar-refractivity contribution >= 4 is 12.2 Å². The van der Waals surface area contributed by atoms with E-state index in [1.54, 1.807) is 14.2 Å². The number of methoxy groups -OCH3 is 2. The minimum atomic E-state index is 0.177. The Labute approximate surface area is 219 Å². The fourth-order valence-electron chi connectivity index (χ4n) is 5.31. The van der Waals surface area contributed by atoms with Gasteiger partial charge in [-0.3, -0.25) is 4.90 Å². The molecule has 0 bridgehead atoms. The summed E-state index contributed by atoms with van der Waals surface area (Å²) < 4.78 is 23.0. The molecule has 3 aromatic rings. The first-order chi connectivity index (χ1) is 18.1. The number of aliphatic hydroxyl groups is 1. The summed E-state index contributed by atoms with van der Waals surface area (Å²) in [6.45, 7) is 5.14. The van der Waals surface area contributed by atoms with Gasteiger partial charge < -0.3 is 24.1 Å². The number of benzene rings is 3. The first-order valence-electron chi connectivity index (χ1n) is 12.9. The molecular formula is C31H35NO5.